The topological polar surface area (TPSA) is 80.7 Å². The van der Waals surface area contributed by atoms with Crippen molar-refractivity contribution in [2.45, 2.75) is 0 Å². The van der Waals surface area contributed by atoms with Gasteiger partial charge in [-0.05, 0) is 30.3 Å². The van der Waals surface area contributed by atoms with Gasteiger partial charge in [0.25, 0.3) is 0 Å². The molecule has 11 heteroatoms. The molecule has 0 radical (unpaired) electrons. The molecule has 0 aliphatic carbocycles. The number of hydrogen-bond acceptors (Lipinski definition) is 5. The zero-order chi connectivity index (χ0) is 24.1. The van der Waals surface area contributed by atoms with E-state index in [1.807, 2.05) is 0 Å². The molecule has 0 saturated carbocycles. The number of rotatable bonds is 7. The van der Waals surface area contributed by atoms with Crippen LogP contribution in [0.2, 0.25) is 5.02 Å². The number of amides is 2. The molecule has 34 heavy (non-hydrogen) atoms. The molecule has 1 fully saturated rings. The maximum Gasteiger partial charge on any atom is 0.323 e. The van der Waals surface area contributed by atoms with Crippen LogP contribution in [0.15, 0.2) is 42.6 Å². The third-order valence-corrected chi connectivity index (χ3v) is 5.61. The van der Waals surface area contributed by atoms with Crippen molar-refractivity contribution in [1.29, 1.82) is 0 Å². The lowest BCUT2D eigenvalue weighted by atomic mass is 10.1. The Morgan fingerprint density at radius 3 is 2.50 bits per heavy atom. The fourth-order valence-electron chi connectivity index (χ4n) is 3.61. The van der Waals surface area contributed by atoms with Crippen LogP contribution < -0.4 is 15.4 Å². The second-order valence-corrected chi connectivity index (χ2v) is 8.09. The van der Waals surface area contributed by atoms with E-state index in [4.69, 9.17) is 21.1 Å². The summed E-state index contributed by atoms with van der Waals surface area (Å²) in [5, 5.41) is 9.78. The van der Waals surface area contributed by atoms with Crippen LogP contribution in [0, 0.1) is 11.6 Å². The van der Waals surface area contributed by atoms with Gasteiger partial charge in [-0.3, -0.25) is 9.58 Å². The summed E-state index contributed by atoms with van der Waals surface area (Å²) in [6.07, 6.45) is 1.53. The van der Waals surface area contributed by atoms with Crippen molar-refractivity contribution in [3.63, 3.8) is 0 Å². The summed E-state index contributed by atoms with van der Waals surface area (Å²) >= 11 is 6.37. The van der Waals surface area contributed by atoms with Crippen molar-refractivity contribution >= 4 is 29.0 Å². The minimum Gasteiger partial charge on any atom is -0.492 e. The first-order chi connectivity index (χ1) is 16.4. The average Bonchev–Trinajstić information content (AvgIpc) is 3.15. The molecule has 3 aromatic rings. The summed E-state index contributed by atoms with van der Waals surface area (Å²) < 4.78 is 39.6. The Hall–Kier alpha value is -3.21. The van der Waals surface area contributed by atoms with Gasteiger partial charge in [-0.2, -0.15) is 5.10 Å². The third-order valence-electron chi connectivity index (χ3n) is 5.33. The van der Waals surface area contributed by atoms with Gasteiger partial charge in [0.2, 0.25) is 0 Å². The smallest absolute Gasteiger partial charge is 0.323 e. The predicted octanol–water partition coefficient (Wildman–Crippen LogP) is 4.37. The number of aryl methyl sites for hydroxylation is 1. The SMILES string of the molecule is Cn1ncc(Cl)c1-c1cc(NC(=O)Nc2ccc(F)c(F)c2)ccc1OCCN1CCOCC1. The van der Waals surface area contributed by atoms with E-state index in [1.165, 1.54) is 12.3 Å². The van der Waals surface area contributed by atoms with Crippen molar-refractivity contribution in [1.82, 2.24) is 14.7 Å². The first-order valence-electron chi connectivity index (χ1n) is 10.7. The van der Waals surface area contributed by atoms with Crippen LogP contribution in [0.4, 0.5) is 25.0 Å². The van der Waals surface area contributed by atoms with E-state index >= 15 is 0 Å². The molecule has 4 rings (SSSR count). The third kappa shape index (κ3) is 5.82. The number of hydrogen-bond donors (Lipinski definition) is 2. The number of benzene rings is 2. The fraction of sp³-hybridized carbons (Fsp3) is 0.304. The molecule has 2 amide bonds. The fourth-order valence-corrected chi connectivity index (χ4v) is 3.88. The number of aromatic nitrogens is 2. The lowest BCUT2D eigenvalue weighted by Crippen LogP contribution is -2.38. The van der Waals surface area contributed by atoms with Gasteiger partial charge >= 0.3 is 6.03 Å². The molecule has 0 unspecified atom stereocenters. The Bertz CT molecular complexity index is 1150. The number of carbonyl (C=O) groups is 1. The average molecular weight is 492 g/mol. The highest BCUT2D eigenvalue weighted by molar-refractivity contribution is 6.33. The standard InChI is InChI=1S/C23H24ClF2N5O3/c1-30-22(18(24)14-27-30)17-12-15(28-23(32)29-16-2-4-19(25)20(26)13-16)3-5-21(17)34-11-8-31-6-9-33-10-7-31/h2-5,12-14H,6-11H2,1H3,(H2,28,29,32). The number of morpholine rings is 1. The van der Waals surface area contributed by atoms with Crippen LogP contribution in [-0.4, -0.2) is 60.2 Å². The van der Waals surface area contributed by atoms with E-state index in [2.05, 4.69) is 20.6 Å². The highest BCUT2D eigenvalue weighted by Gasteiger charge is 2.17. The van der Waals surface area contributed by atoms with Crippen LogP contribution >= 0.6 is 11.6 Å². The Balaban J connectivity index is 1.50. The van der Waals surface area contributed by atoms with Crippen molar-refractivity contribution in [3.05, 3.63) is 59.3 Å². The minimum atomic E-state index is -1.05. The van der Waals surface area contributed by atoms with E-state index in [0.29, 0.717) is 47.5 Å². The van der Waals surface area contributed by atoms with Crippen LogP contribution in [0.25, 0.3) is 11.3 Å². The van der Waals surface area contributed by atoms with E-state index in [1.54, 1.807) is 29.9 Å². The second-order valence-electron chi connectivity index (χ2n) is 7.69. The Morgan fingerprint density at radius 1 is 1.12 bits per heavy atom. The van der Waals surface area contributed by atoms with Crippen LogP contribution in [0.1, 0.15) is 0 Å². The van der Waals surface area contributed by atoms with Gasteiger partial charge < -0.3 is 20.1 Å². The lowest BCUT2D eigenvalue weighted by molar-refractivity contribution is 0.0323. The zero-order valence-corrected chi connectivity index (χ0v) is 19.2. The molecule has 1 aliphatic rings. The quantitative estimate of drug-likeness (QED) is 0.513. The normalized spacial score (nSPS) is 14.1. The monoisotopic (exact) mass is 491 g/mol. The lowest BCUT2D eigenvalue weighted by Gasteiger charge is -2.26. The predicted molar refractivity (Wildman–Crippen MR) is 125 cm³/mol. The molecule has 1 aromatic heterocycles. The molecule has 2 N–H and O–H groups in total. The van der Waals surface area contributed by atoms with E-state index in [0.717, 1.165) is 31.8 Å². The van der Waals surface area contributed by atoms with Crippen molar-refractivity contribution in [2.75, 3.05) is 50.1 Å². The van der Waals surface area contributed by atoms with E-state index in [-0.39, 0.29) is 5.69 Å². The molecule has 1 aliphatic heterocycles. The molecular formula is C23H24ClF2N5O3. The van der Waals surface area contributed by atoms with Crippen molar-refractivity contribution in [2.24, 2.45) is 7.05 Å². The number of halogens is 3. The van der Waals surface area contributed by atoms with Gasteiger partial charge in [0.1, 0.15) is 12.4 Å². The summed E-state index contributed by atoms with van der Waals surface area (Å²) in [5.74, 6) is -1.46. The molecule has 1 saturated heterocycles. The number of carbonyl (C=O) groups excluding carboxylic acids is 1. The number of anilines is 2. The Labute approximate surface area is 200 Å². The number of ether oxygens (including phenoxy) is 2. The Kier molecular flexibility index (Phi) is 7.61. The van der Waals surface area contributed by atoms with Gasteiger partial charge in [-0.15, -0.1) is 0 Å². The summed E-state index contributed by atoms with van der Waals surface area (Å²) in [7, 11) is 1.76. The van der Waals surface area contributed by atoms with Gasteiger partial charge in [0, 0.05) is 49.7 Å². The van der Waals surface area contributed by atoms with Crippen LogP contribution in [0.3, 0.4) is 0 Å². The molecule has 180 valence electrons. The number of urea groups is 1. The van der Waals surface area contributed by atoms with Gasteiger partial charge in [0.15, 0.2) is 11.6 Å². The largest absolute Gasteiger partial charge is 0.492 e. The molecule has 0 spiro atoms. The summed E-state index contributed by atoms with van der Waals surface area (Å²) in [6.45, 7) is 4.36. The first-order valence-corrected chi connectivity index (χ1v) is 11.1. The summed E-state index contributed by atoms with van der Waals surface area (Å²) in [6, 6.07) is 7.64. The van der Waals surface area contributed by atoms with Crippen LogP contribution in [0.5, 0.6) is 5.75 Å². The maximum atomic E-state index is 13.4. The van der Waals surface area contributed by atoms with Gasteiger partial charge in [-0.1, -0.05) is 11.6 Å². The van der Waals surface area contributed by atoms with E-state index in [9.17, 15) is 13.6 Å². The minimum absolute atomic E-state index is 0.120. The summed E-state index contributed by atoms with van der Waals surface area (Å²) in [4.78, 5) is 14.7. The molecule has 0 atom stereocenters. The second kappa shape index (κ2) is 10.8. The Morgan fingerprint density at radius 2 is 1.82 bits per heavy atom. The van der Waals surface area contributed by atoms with Crippen LogP contribution in [-0.2, 0) is 11.8 Å². The molecule has 8 nitrogen and oxygen atoms in total. The summed E-state index contributed by atoms with van der Waals surface area (Å²) in [5.41, 5.74) is 1.85. The number of nitrogens with one attached hydrogen (secondary N) is 2. The van der Waals surface area contributed by atoms with Crippen molar-refractivity contribution in [3.8, 4) is 17.0 Å². The highest BCUT2D eigenvalue weighted by atomic mass is 35.5. The van der Waals surface area contributed by atoms with Gasteiger partial charge in [-0.25, -0.2) is 13.6 Å². The molecule has 2 aromatic carbocycles. The van der Waals surface area contributed by atoms with Gasteiger partial charge in [0.05, 0.1) is 30.1 Å². The van der Waals surface area contributed by atoms with E-state index < -0.39 is 17.7 Å². The molecule has 0 bridgehead atoms. The highest BCUT2D eigenvalue weighted by Crippen LogP contribution is 2.36. The zero-order valence-electron chi connectivity index (χ0n) is 18.5. The molecular weight excluding hydrogens is 468 g/mol. The maximum absolute atomic E-state index is 13.4. The molecule has 2 heterocycles. The van der Waals surface area contributed by atoms with Crippen molar-refractivity contribution < 1.29 is 23.0 Å². The number of nitrogens with zero attached hydrogens (tertiary/aromatic N) is 3. The first kappa shape index (κ1) is 23.9.